The van der Waals surface area contributed by atoms with Gasteiger partial charge in [-0.05, 0) is 43.4 Å². The molecule has 1 fully saturated rings. The number of aromatic nitrogens is 6. The summed E-state index contributed by atoms with van der Waals surface area (Å²) in [5.41, 5.74) is 4.48. The maximum absolute atomic E-state index is 11.3. The molecule has 3 N–H and O–H groups in total. The van der Waals surface area contributed by atoms with Gasteiger partial charge in [-0.25, -0.2) is 4.68 Å². The minimum Gasteiger partial charge on any atom is -0.480 e. The Morgan fingerprint density at radius 1 is 1.19 bits per heavy atom. The summed E-state index contributed by atoms with van der Waals surface area (Å²) in [4.78, 5) is 23.9. The van der Waals surface area contributed by atoms with Crippen molar-refractivity contribution in [1.29, 1.82) is 0 Å². The Kier molecular flexibility index (Phi) is 5.12. The molecule has 10 heteroatoms. The van der Waals surface area contributed by atoms with Gasteiger partial charge in [0.25, 0.3) is 0 Å². The first-order valence-electron chi connectivity index (χ1n) is 10.8. The molecule has 166 valence electrons. The summed E-state index contributed by atoms with van der Waals surface area (Å²) >= 11 is 0. The third kappa shape index (κ3) is 3.72. The molecule has 0 aliphatic heterocycles. The predicted octanol–water partition coefficient (Wildman–Crippen LogP) is 2.77. The summed E-state index contributed by atoms with van der Waals surface area (Å²) in [6, 6.07) is 6.53. The van der Waals surface area contributed by atoms with Crippen LogP contribution in [0, 0.1) is 0 Å². The lowest BCUT2D eigenvalue weighted by Crippen LogP contribution is -2.39. The number of hydrogen-bond donors (Lipinski definition) is 3. The van der Waals surface area contributed by atoms with Gasteiger partial charge in [-0.15, -0.1) is 5.10 Å². The van der Waals surface area contributed by atoms with Crippen LogP contribution in [0.5, 0.6) is 5.88 Å². The van der Waals surface area contributed by atoms with Gasteiger partial charge in [0.1, 0.15) is 11.2 Å². The van der Waals surface area contributed by atoms with Crippen LogP contribution >= 0.6 is 0 Å². The maximum Gasteiger partial charge on any atom is 0.228 e. The largest absolute Gasteiger partial charge is 0.480 e. The Morgan fingerprint density at radius 2 is 1.97 bits per heavy atom. The third-order valence-corrected chi connectivity index (χ3v) is 6.08. The van der Waals surface area contributed by atoms with Crippen LogP contribution < -0.4 is 15.4 Å². The van der Waals surface area contributed by atoms with E-state index in [9.17, 15) is 4.79 Å². The highest BCUT2D eigenvalue weighted by Gasteiger charge is 2.23. The second-order valence-corrected chi connectivity index (χ2v) is 8.29. The minimum atomic E-state index is 0.0290. The van der Waals surface area contributed by atoms with Gasteiger partial charge >= 0.3 is 0 Å². The predicted molar refractivity (Wildman–Crippen MR) is 121 cm³/mol. The normalized spacial score (nSPS) is 18.7. The van der Waals surface area contributed by atoms with Gasteiger partial charge in [-0.3, -0.25) is 4.79 Å². The Hall–Kier alpha value is -3.69. The Bertz CT molecular complexity index is 1290. The molecule has 0 radical (unpaired) electrons. The molecule has 3 aromatic heterocycles. The van der Waals surface area contributed by atoms with Crippen LogP contribution in [0.2, 0.25) is 0 Å². The molecule has 3 heterocycles. The zero-order chi connectivity index (χ0) is 22.2. The van der Waals surface area contributed by atoms with Crippen molar-refractivity contribution < 1.29 is 9.53 Å². The van der Waals surface area contributed by atoms with E-state index in [4.69, 9.17) is 9.72 Å². The molecule has 1 aliphatic carbocycles. The fourth-order valence-corrected chi connectivity index (χ4v) is 4.49. The number of nitrogens with zero attached hydrogens (tertiary/aromatic N) is 5. The molecular weight excluding hydrogens is 408 g/mol. The van der Waals surface area contributed by atoms with Crippen LogP contribution in [-0.2, 0) is 11.8 Å². The standard InChI is InChI=1S/C22H26N8O2/c1-12(31)24-14-5-7-15(8-6-14)25-22-26-20-19(21(27-22)32-3)16(11-23-20)13-4-9-17-18(10-13)30(2)29-28-17/h4,9-11,14-15H,5-8H2,1-3H3,(H,24,31)(H2,23,25,26,27)/t14-,15+. The highest BCUT2D eigenvalue weighted by molar-refractivity contribution is 5.99. The van der Waals surface area contributed by atoms with Gasteiger partial charge in [-0.1, -0.05) is 11.3 Å². The van der Waals surface area contributed by atoms with Crippen molar-refractivity contribution in [3.05, 3.63) is 24.4 Å². The van der Waals surface area contributed by atoms with Crippen molar-refractivity contribution in [3.63, 3.8) is 0 Å². The Labute approximate surface area is 184 Å². The van der Waals surface area contributed by atoms with Crippen molar-refractivity contribution in [2.24, 2.45) is 7.05 Å². The summed E-state index contributed by atoms with van der Waals surface area (Å²) in [6.45, 7) is 1.57. The SMILES string of the molecule is COc1nc(N[C@H]2CC[C@@H](NC(C)=O)CC2)nc2[nH]cc(-c3ccc4nnn(C)c4c3)c12. The van der Waals surface area contributed by atoms with E-state index in [0.717, 1.165) is 53.2 Å². The average molecular weight is 435 g/mol. The van der Waals surface area contributed by atoms with E-state index in [-0.39, 0.29) is 18.0 Å². The third-order valence-electron chi connectivity index (χ3n) is 6.08. The number of carbonyl (C=O) groups excluding carboxylic acids is 1. The molecule has 0 spiro atoms. The van der Waals surface area contributed by atoms with Gasteiger partial charge in [0.2, 0.25) is 17.7 Å². The molecule has 32 heavy (non-hydrogen) atoms. The lowest BCUT2D eigenvalue weighted by Gasteiger charge is -2.29. The second-order valence-electron chi connectivity index (χ2n) is 8.29. The van der Waals surface area contributed by atoms with E-state index < -0.39 is 0 Å². The molecule has 4 aromatic rings. The highest BCUT2D eigenvalue weighted by Crippen LogP contribution is 2.35. The lowest BCUT2D eigenvalue weighted by atomic mass is 9.91. The van der Waals surface area contributed by atoms with E-state index in [1.807, 2.05) is 25.4 Å². The molecular formula is C22H26N8O2. The molecule has 0 atom stereocenters. The van der Waals surface area contributed by atoms with Crippen LogP contribution in [0.4, 0.5) is 5.95 Å². The molecule has 1 saturated carbocycles. The van der Waals surface area contributed by atoms with Crippen molar-refractivity contribution in [3.8, 4) is 17.0 Å². The Balaban J connectivity index is 1.41. The van der Waals surface area contributed by atoms with E-state index in [1.165, 1.54) is 0 Å². The molecule has 10 nitrogen and oxygen atoms in total. The summed E-state index contributed by atoms with van der Waals surface area (Å²) in [5, 5.41) is 15.5. The monoisotopic (exact) mass is 434 g/mol. The topological polar surface area (TPSA) is 123 Å². The molecule has 1 aromatic carbocycles. The second kappa shape index (κ2) is 8.10. The first-order chi connectivity index (χ1) is 15.5. The number of rotatable bonds is 5. The molecule has 1 aliphatic rings. The van der Waals surface area contributed by atoms with Gasteiger partial charge in [0.05, 0.1) is 18.0 Å². The molecule has 5 rings (SSSR count). The Morgan fingerprint density at radius 3 is 2.72 bits per heavy atom. The summed E-state index contributed by atoms with van der Waals surface area (Å²) in [7, 11) is 3.49. The van der Waals surface area contributed by atoms with E-state index in [2.05, 4.69) is 37.0 Å². The molecule has 0 saturated heterocycles. The first-order valence-corrected chi connectivity index (χ1v) is 10.8. The zero-order valence-electron chi connectivity index (χ0n) is 18.3. The number of ether oxygens (including phenoxy) is 1. The molecule has 0 bridgehead atoms. The van der Waals surface area contributed by atoms with Gasteiger partial charge in [-0.2, -0.15) is 9.97 Å². The number of nitrogens with one attached hydrogen (secondary N) is 3. The number of methoxy groups -OCH3 is 1. The molecule has 1 amide bonds. The van der Waals surface area contributed by atoms with Gasteiger partial charge in [0, 0.05) is 37.8 Å². The number of fused-ring (bicyclic) bond motifs is 2. The van der Waals surface area contributed by atoms with Crippen molar-refractivity contribution >= 4 is 33.9 Å². The van der Waals surface area contributed by atoms with Gasteiger partial charge < -0.3 is 20.4 Å². The number of benzene rings is 1. The van der Waals surface area contributed by atoms with Crippen LogP contribution in [0.25, 0.3) is 33.2 Å². The number of anilines is 1. The number of aryl methyl sites for hydroxylation is 1. The summed E-state index contributed by atoms with van der Waals surface area (Å²) < 4.78 is 7.40. The summed E-state index contributed by atoms with van der Waals surface area (Å²) in [6.07, 6.45) is 5.70. The highest BCUT2D eigenvalue weighted by atomic mass is 16.5. The van der Waals surface area contributed by atoms with Crippen molar-refractivity contribution in [2.45, 2.75) is 44.7 Å². The van der Waals surface area contributed by atoms with Gasteiger partial charge in [0.15, 0.2) is 0 Å². The number of aromatic amines is 1. The van der Waals surface area contributed by atoms with E-state index in [0.29, 0.717) is 17.5 Å². The lowest BCUT2D eigenvalue weighted by molar-refractivity contribution is -0.119. The number of amides is 1. The minimum absolute atomic E-state index is 0.0290. The molecule has 0 unspecified atom stereocenters. The van der Waals surface area contributed by atoms with Crippen LogP contribution in [0.3, 0.4) is 0 Å². The van der Waals surface area contributed by atoms with Crippen molar-refractivity contribution in [1.82, 2.24) is 35.3 Å². The van der Waals surface area contributed by atoms with Crippen molar-refractivity contribution in [2.75, 3.05) is 12.4 Å². The smallest absolute Gasteiger partial charge is 0.228 e. The fourth-order valence-electron chi connectivity index (χ4n) is 4.49. The van der Waals surface area contributed by atoms with E-state index in [1.54, 1.807) is 18.7 Å². The fraction of sp³-hybridized carbons (Fsp3) is 0.409. The number of hydrogen-bond acceptors (Lipinski definition) is 7. The average Bonchev–Trinajstić information content (AvgIpc) is 3.37. The first kappa shape index (κ1) is 20.2. The zero-order valence-corrected chi connectivity index (χ0v) is 18.3. The van der Waals surface area contributed by atoms with E-state index >= 15 is 0 Å². The van der Waals surface area contributed by atoms with Crippen LogP contribution in [-0.4, -0.2) is 55.0 Å². The number of H-pyrrole nitrogens is 1. The van der Waals surface area contributed by atoms with Crippen LogP contribution in [0.1, 0.15) is 32.6 Å². The maximum atomic E-state index is 11.3. The summed E-state index contributed by atoms with van der Waals surface area (Å²) in [5.74, 6) is 1.09. The quantitative estimate of drug-likeness (QED) is 0.441. The number of carbonyl (C=O) groups is 1. The van der Waals surface area contributed by atoms with Crippen LogP contribution in [0.15, 0.2) is 24.4 Å².